The normalized spacial score (nSPS) is 13.3. The van der Waals surface area contributed by atoms with Crippen molar-refractivity contribution in [2.75, 3.05) is 5.75 Å². The lowest BCUT2D eigenvalue weighted by Crippen LogP contribution is -2.33. The van der Waals surface area contributed by atoms with Gasteiger partial charge in [-0.25, -0.2) is 4.57 Å². The summed E-state index contributed by atoms with van der Waals surface area (Å²) in [6.07, 6.45) is 4.11. The van der Waals surface area contributed by atoms with Gasteiger partial charge in [0.2, 0.25) is 0 Å². The first-order valence-corrected chi connectivity index (χ1v) is 8.95. The van der Waals surface area contributed by atoms with Crippen molar-refractivity contribution in [3.05, 3.63) is 60.4 Å². The molecule has 0 radical (unpaired) electrons. The average molecular weight is 334 g/mol. The zero-order valence-electron chi connectivity index (χ0n) is 12.9. The highest BCUT2D eigenvalue weighted by Gasteiger charge is 2.09. The van der Waals surface area contributed by atoms with Crippen molar-refractivity contribution < 1.29 is 17.5 Å². The molecule has 2 rings (SSSR count). The van der Waals surface area contributed by atoms with Gasteiger partial charge in [0.15, 0.2) is 12.4 Å². The molecule has 7 heteroatoms. The summed E-state index contributed by atoms with van der Waals surface area (Å²) in [6.45, 7) is 2.49. The number of hydrogen-bond donors (Lipinski definition) is 1. The van der Waals surface area contributed by atoms with Gasteiger partial charge >= 0.3 is 0 Å². The highest BCUT2D eigenvalue weighted by molar-refractivity contribution is 7.85. The second-order valence-electron chi connectivity index (χ2n) is 5.24. The van der Waals surface area contributed by atoms with Crippen molar-refractivity contribution in [3.63, 3.8) is 0 Å². The minimum Gasteiger partial charge on any atom is -0.286 e. The molecule has 122 valence electrons. The van der Waals surface area contributed by atoms with Gasteiger partial charge in [-0.2, -0.15) is 18.6 Å². The van der Waals surface area contributed by atoms with Crippen LogP contribution in [-0.2, 0) is 16.7 Å². The van der Waals surface area contributed by atoms with Crippen LogP contribution in [0.25, 0.3) is 0 Å². The summed E-state index contributed by atoms with van der Waals surface area (Å²) in [6, 6.07) is 13.3. The Morgan fingerprint density at radius 1 is 1.13 bits per heavy atom. The van der Waals surface area contributed by atoms with E-state index in [2.05, 4.69) is 10.2 Å². The van der Waals surface area contributed by atoms with Crippen molar-refractivity contribution in [3.8, 4) is 0 Å². The molecule has 0 saturated carbocycles. The van der Waals surface area contributed by atoms with E-state index in [1.54, 1.807) is 0 Å². The van der Waals surface area contributed by atoms with Gasteiger partial charge < -0.3 is 0 Å². The largest absolute Gasteiger partial charge is 0.286 e. The van der Waals surface area contributed by atoms with E-state index in [1.165, 1.54) is 0 Å². The first-order valence-electron chi connectivity index (χ1n) is 7.34. The number of nitrogens with zero attached hydrogens (tertiary/aromatic N) is 3. The van der Waals surface area contributed by atoms with Gasteiger partial charge in [0.25, 0.3) is 10.1 Å². The van der Waals surface area contributed by atoms with Crippen LogP contribution < -0.4 is 4.57 Å². The molecule has 6 nitrogen and oxygen atoms in total. The van der Waals surface area contributed by atoms with Gasteiger partial charge in [-0.15, -0.1) is 0 Å². The molecule has 2 aromatic rings. The van der Waals surface area contributed by atoms with E-state index in [9.17, 15) is 8.42 Å². The fourth-order valence-corrected chi connectivity index (χ4v) is 2.53. The molecule has 0 spiro atoms. The van der Waals surface area contributed by atoms with Gasteiger partial charge in [-0.1, -0.05) is 18.2 Å². The van der Waals surface area contributed by atoms with Gasteiger partial charge in [0, 0.05) is 18.6 Å². The lowest BCUT2D eigenvalue weighted by Gasteiger charge is -2.04. The Morgan fingerprint density at radius 2 is 1.78 bits per heavy atom. The van der Waals surface area contributed by atoms with E-state index in [0.717, 1.165) is 11.3 Å². The van der Waals surface area contributed by atoms with E-state index in [1.807, 2.05) is 66.3 Å². The number of rotatable bonds is 7. The molecular formula is C16H20N3O3S+. The third-order valence-corrected chi connectivity index (χ3v) is 4.13. The Morgan fingerprint density at radius 3 is 2.39 bits per heavy atom. The molecule has 0 saturated heterocycles. The minimum absolute atomic E-state index is 0.0670. The molecule has 0 bridgehead atoms. The van der Waals surface area contributed by atoms with E-state index in [-0.39, 0.29) is 11.8 Å². The van der Waals surface area contributed by atoms with Gasteiger partial charge in [0.1, 0.15) is 6.54 Å². The van der Waals surface area contributed by atoms with E-state index >= 15 is 0 Å². The number of azo groups is 1. The Hall–Kier alpha value is -2.12. The van der Waals surface area contributed by atoms with Crippen LogP contribution in [0.3, 0.4) is 0 Å². The minimum atomic E-state index is -3.89. The third-order valence-electron chi connectivity index (χ3n) is 3.32. The molecule has 0 amide bonds. The monoisotopic (exact) mass is 334 g/mol. The maximum absolute atomic E-state index is 10.7. The maximum Gasteiger partial charge on any atom is 0.265 e. The van der Waals surface area contributed by atoms with Crippen LogP contribution in [0.2, 0.25) is 0 Å². The third kappa shape index (κ3) is 6.25. The molecule has 1 atom stereocenters. The first-order chi connectivity index (χ1) is 10.9. The Labute approximate surface area is 136 Å². The Bertz CT molecular complexity index is 744. The molecule has 0 aliphatic rings. The lowest BCUT2D eigenvalue weighted by atomic mass is 10.1. The summed E-state index contributed by atoms with van der Waals surface area (Å²) in [7, 11) is -3.89. The van der Waals surface area contributed by atoms with Crippen LogP contribution >= 0.6 is 0 Å². The van der Waals surface area contributed by atoms with Crippen LogP contribution in [0.5, 0.6) is 0 Å². The van der Waals surface area contributed by atoms with Crippen LogP contribution in [0.15, 0.2) is 65.1 Å². The fraction of sp³-hybridized carbons (Fsp3) is 0.312. The number of benzene rings is 1. The van der Waals surface area contributed by atoms with E-state index in [0.29, 0.717) is 13.0 Å². The smallest absolute Gasteiger partial charge is 0.265 e. The zero-order chi connectivity index (χ0) is 16.7. The summed E-state index contributed by atoms with van der Waals surface area (Å²) in [5.41, 5.74) is 1.84. The molecule has 0 aliphatic carbocycles. The van der Waals surface area contributed by atoms with Crippen LogP contribution in [0.1, 0.15) is 24.9 Å². The molecule has 0 aliphatic heterocycles. The predicted octanol–water partition coefficient (Wildman–Crippen LogP) is 3.10. The molecular weight excluding hydrogens is 314 g/mol. The number of aryl methyl sites for hydroxylation is 1. The van der Waals surface area contributed by atoms with Crippen molar-refractivity contribution in [2.45, 2.75) is 25.9 Å². The lowest BCUT2D eigenvalue weighted by molar-refractivity contribution is -0.696. The van der Waals surface area contributed by atoms with Crippen molar-refractivity contribution in [1.82, 2.24) is 0 Å². The van der Waals surface area contributed by atoms with Crippen LogP contribution in [0, 0.1) is 0 Å². The summed E-state index contributed by atoms with van der Waals surface area (Å²) >= 11 is 0. The fourth-order valence-electron chi connectivity index (χ4n) is 2.04. The van der Waals surface area contributed by atoms with Gasteiger partial charge in [-0.3, -0.25) is 4.55 Å². The zero-order valence-corrected chi connectivity index (χ0v) is 13.7. The second kappa shape index (κ2) is 7.94. The summed E-state index contributed by atoms with van der Waals surface area (Å²) in [5.74, 6) is -0.233. The van der Waals surface area contributed by atoms with Gasteiger partial charge in [0.05, 0.1) is 17.5 Å². The SMILES string of the molecule is CC(N=Nc1ccccc1)c1cc[n+](CCCS(=O)(=O)O)cc1. The molecule has 0 fully saturated rings. The highest BCUT2D eigenvalue weighted by Crippen LogP contribution is 2.19. The van der Waals surface area contributed by atoms with Crippen molar-refractivity contribution >= 4 is 15.8 Å². The Kier molecular flexibility index (Phi) is 5.95. The van der Waals surface area contributed by atoms with Crippen LogP contribution in [0.4, 0.5) is 5.69 Å². The number of aromatic nitrogens is 1. The molecule has 1 unspecified atom stereocenters. The first kappa shape index (κ1) is 17.2. The molecule has 1 heterocycles. The summed E-state index contributed by atoms with van der Waals surface area (Å²) < 4.78 is 31.9. The highest BCUT2D eigenvalue weighted by atomic mass is 32.2. The number of pyridine rings is 1. The average Bonchev–Trinajstić information content (AvgIpc) is 2.53. The molecule has 1 aromatic carbocycles. The molecule has 1 N–H and O–H groups in total. The van der Waals surface area contributed by atoms with Crippen molar-refractivity contribution in [1.29, 1.82) is 0 Å². The Balaban J connectivity index is 1.92. The molecule has 23 heavy (non-hydrogen) atoms. The summed E-state index contributed by atoms with van der Waals surface area (Å²) in [4.78, 5) is 0. The standard InChI is InChI=1S/C16H19N3O3S/c1-14(17-18-16-6-3-2-4-7-16)15-8-11-19(12-9-15)10-5-13-23(20,21)22/h2-4,6-9,11-12,14H,5,10,13H2,1H3/p+1. The number of hydrogen-bond acceptors (Lipinski definition) is 4. The quantitative estimate of drug-likeness (QED) is 0.480. The van der Waals surface area contributed by atoms with Crippen molar-refractivity contribution in [2.24, 2.45) is 10.2 Å². The second-order valence-corrected chi connectivity index (χ2v) is 6.81. The topological polar surface area (TPSA) is 83.0 Å². The molecule has 1 aromatic heterocycles. The predicted molar refractivity (Wildman–Crippen MR) is 87.0 cm³/mol. The van der Waals surface area contributed by atoms with E-state index < -0.39 is 10.1 Å². The summed E-state index contributed by atoms with van der Waals surface area (Å²) in [5, 5.41) is 8.50. The van der Waals surface area contributed by atoms with Gasteiger partial charge in [-0.05, 0) is 24.6 Å². The maximum atomic E-state index is 10.7. The van der Waals surface area contributed by atoms with Crippen LogP contribution in [-0.4, -0.2) is 18.7 Å². The van der Waals surface area contributed by atoms with E-state index in [4.69, 9.17) is 4.55 Å².